The summed E-state index contributed by atoms with van der Waals surface area (Å²) in [5, 5.41) is 4.17. The topological polar surface area (TPSA) is 97.3 Å². The van der Waals surface area contributed by atoms with Crippen molar-refractivity contribution in [1.82, 2.24) is 5.43 Å². The average Bonchev–Trinajstić information content (AvgIpc) is 2.86. The Morgan fingerprint density at radius 3 is 2.22 bits per heavy atom. The highest BCUT2D eigenvalue weighted by Crippen LogP contribution is 2.33. The van der Waals surface area contributed by atoms with Crippen LogP contribution in [0.25, 0.3) is 0 Å². The number of anilines is 1. The molecule has 0 heterocycles. The van der Waals surface area contributed by atoms with Crippen LogP contribution in [0.2, 0.25) is 0 Å². The van der Waals surface area contributed by atoms with Gasteiger partial charge in [0.1, 0.15) is 18.0 Å². The van der Waals surface area contributed by atoms with E-state index in [1.54, 1.807) is 31.2 Å². The summed E-state index contributed by atoms with van der Waals surface area (Å²) >= 11 is 0. The summed E-state index contributed by atoms with van der Waals surface area (Å²) < 4.78 is 39.2. The van der Waals surface area contributed by atoms with Crippen molar-refractivity contribution >= 4 is 27.3 Å². The van der Waals surface area contributed by atoms with Gasteiger partial charge in [0.05, 0.1) is 30.0 Å². The standard InChI is InChI=1S/C27H31N3O5S/c1-6-35-23-12-10-22(11-13-23)21(4)28-29-27(31)18-30(25-17-20(3)9-16-26(25)34-5)36(32,33)24-14-7-19(2)8-15-24/h7-17H,6,18H2,1-5H3,(H,29,31)/b28-21-. The summed E-state index contributed by atoms with van der Waals surface area (Å²) in [5.74, 6) is 0.472. The molecule has 0 aliphatic heterocycles. The highest BCUT2D eigenvalue weighted by Gasteiger charge is 2.29. The number of sulfonamides is 1. The number of carbonyl (C=O) groups excluding carboxylic acids is 1. The second-order valence-corrected chi connectivity index (χ2v) is 10.1. The molecule has 190 valence electrons. The van der Waals surface area contributed by atoms with E-state index < -0.39 is 22.5 Å². The first-order chi connectivity index (χ1) is 17.1. The maximum atomic E-state index is 13.6. The van der Waals surface area contributed by atoms with Crippen LogP contribution in [0.5, 0.6) is 11.5 Å². The van der Waals surface area contributed by atoms with E-state index in [1.807, 2.05) is 51.1 Å². The van der Waals surface area contributed by atoms with Crippen molar-refractivity contribution < 1.29 is 22.7 Å². The van der Waals surface area contributed by atoms with E-state index in [0.717, 1.165) is 26.7 Å². The molecule has 1 N–H and O–H groups in total. The Morgan fingerprint density at radius 1 is 0.972 bits per heavy atom. The van der Waals surface area contributed by atoms with Gasteiger partial charge in [0, 0.05) is 0 Å². The normalized spacial score (nSPS) is 11.6. The van der Waals surface area contributed by atoms with Gasteiger partial charge in [0.25, 0.3) is 15.9 Å². The van der Waals surface area contributed by atoms with Crippen molar-refractivity contribution in [3.8, 4) is 11.5 Å². The lowest BCUT2D eigenvalue weighted by molar-refractivity contribution is -0.119. The van der Waals surface area contributed by atoms with Crippen molar-refractivity contribution in [3.05, 3.63) is 83.4 Å². The minimum Gasteiger partial charge on any atom is -0.495 e. The number of hydrogen-bond donors (Lipinski definition) is 1. The Balaban J connectivity index is 1.90. The molecule has 36 heavy (non-hydrogen) atoms. The van der Waals surface area contributed by atoms with Gasteiger partial charge in [0.15, 0.2) is 0 Å². The quantitative estimate of drug-likeness (QED) is 0.322. The molecule has 0 atom stereocenters. The van der Waals surface area contributed by atoms with E-state index in [4.69, 9.17) is 9.47 Å². The zero-order chi connectivity index (χ0) is 26.3. The highest BCUT2D eigenvalue weighted by molar-refractivity contribution is 7.92. The number of rotatable bonds is 10. The largest absolute Gasteiger partial charge is 0.495 e. The first kappa shape index (κ1) is 26.7. The molecule has 0 bridgehead atoms. The third-order valence-electron chi connectivity index (χ3n) is 5.43. The van der Waals surface area contributed by atoms with Crippen molar-refractivity contribution in [2.75, 3.05) is 24.6 Å². The molecule has 0 aliphatic rings. The van der Waals surface area contributed by atoms with E-state index >= 15 is 0 Å². The molecule has 0 aromatic heterocycles. The molecule has 0 unspecified atom stereocenters. The zero-order valence-electron chi connectivity index (χ0n) is 21.1. The number of carbonyl (C=O) groups is 1. The number of nitrogens with one attached hydrogen (secondary N) is 1. The second kappa shape index (κ2) is 11.7. The lowest BCUT2D eigenvalue weighted by Crippen LogP contribution is -2.40. The van der Waals surface area contributed by atoms with Crippen molar-refractivity contribution in [2.24, 2.45) is 5.10 Å². The van der Waals surface area contributed by atoms with Crippen LogP contribution in [-0.4, -0.2) is 40.3 Å². The van der Waals surface area contributed by atoms with E-state index in [1.165, 1.54) is 19.2 Å². The summed E-state index contributed by atoms with van der Waals surface area (Å²) in [6, 6.07) is 18.9. The van der Waals surface area contributed by atoms with Crippen LogP contribution < -0.4 is 19.2 Å². The minimum atomic E-state index is -4.09. The highest BCUT2D eigenvalue weighted by atomic mass is 32.2. The summed E-state index contributed by atoms with van der Waals surface area (Å²) in [6.07, 6.45) is 0. The van der Waals surface area contributed by atoms with Crippen LogP contribution in [-0.2, 0) is 14.8 Å². The molecule has 0 saturated heterocycles. The van der Waals surface area contributed by atoms with Gasteiger partial charge in [-0.25, -0.2) is 13.8 Å². The van der Waals surface area contributed by atoms with Crippen LogP contribution in [0.15, 0.2) is 76.7 Å². The number of hydrazone groups is 1. The number of nitrogens with zero attached hydrogens (tertiary/aromatic N) is 2. The zero-order valence-corrected chi connectivity index (χ0v) is 21.9. The number of benzene rings is 3. The molecule has 0 saturated carbocycles. The first-order valence-electron chi connectivity index (χ1n) is 11.5. The number of hydrogen-bond acceptors (Lipinski definition) is 6. The fourth-order valence-corrected chi connectivity index (χ4v) is 4.89. The predicted molar refractivity (Wildman–Crippen MR) is 141 cm³/mol. The smallest absolute Gasteiger partial charge is 0.264 e. The third kappa shape index (κ3) is 6.42. The lowest BCUT2D eigenvalue weighted by Gasteiger charge is -2.25. The van der Waals surface area contributed by atoms with Gasteiger partial charge in [-0.2, -0.15) is 5.10 Å². The van der Waals surface area contributed by atoms with Crippen molar-refractivity contribution in [3.63, 3.8) is 0 Å². The molecule has 9 heteroatoms. The SMILES string of the molecule is CCOc1ccc(/C(C)=N\NC(=O)CN(c2cc(C)ccc2OC)S(=O)(=O)c2ccc(C)cc2)cc1. The van der Waals surface area contributed by atoms with E-state index in [2.05, 4.69) is 10.5 Å². The maximum Gasteiger partial charge on any atom is 0.264 e. The molecule has 1 amide bonds. The molecule has 0 fully saturated rings. The van der Waals surface area contributed by atoms with Gasteiger partial charge in [-0.1, -0.05) is 23.8 Å². The fraction of sp³-hybridized carbons (Fsp3) is 0.259. The summed E-state index contributed by atoms with van der Waals surface area (Å²) in [5.41, 5.74) is 5.84. The Morgan fingerprint density at radius 2 is 1.61 bits per heavy atom. The third-order valence-corrected chi connectivity index (χ3v) is 7.20. The van der Waals surface area contributed by atoms with Gasteiger partial charge < -0.3 is 9.47 Å². The van der Waals surface area contributed by atoms with Gasteiger partial charge in [0.2, 0.25) is 0 Å². The van der Waals surface area contributed by atoms with Gasteiger partial charge in [-0.15, -0.1) is 0 Å². The molecule has 3 aromatic rings. The Hall–Kier alpha value is -3.85. The fourth-order valence-electron chi connectivity index (χ4n) is 3.47. The summed E-state index contributed by atoms with van der Waals surface area (Å²) in [6.45, 7) is 7.44. The molecule has 0 spiro atoms. The van der Waals surface area contributed by atoms with Crippen LogP contribution in [0.1, 0.15) is 30.5 Å². The van der Waals surface area contributed by atoms with Gasteiger partial charge >= 0.3 is 0 Å². The summed E-state index contributed by atoms with van der Waals surface area (Å²) in [4.78, 5) is 13.0. The number of ether oxygens (including phenoxy) is 2. The maximum absolute atomic E-state index is 13.6. The van der Waals surface area contributed by atoms with Crippen molar-refractivity contribution in [2.45, 2.75) is 32.6 Å². The van der Waals surface area contributed by atoms with Crippen LogP contribution in [0, 0.1) is 13.8 Å². The molecule has 3 aromatic carbocycles. The average molecular weight is 510 g/mol. The molecule has 3 rings (SSSR count). The Bertz CT molecular complexity index is 1330. The Kier molecular flexibility index (Phi) is 8.71. The number of amides is 1. The van der Waals surface area contributed by atoms with E-state index in [9.17, 15) is 13.2 Å². The molecular formula is C27H31N3O5S. The van der Waals surface area contributed by atoms with Gasteiger partial charge in [-0.05, 0) is 87.4 Å². The Labute approximate surface area is 212 Å². The second-order valence-electron chi connectivity index (χ2n) is 8.19. The first-order valence-corrected chi connectivity index (χ1v) is 12.9. The summed E-state index contributed by atoms with van der Waals surface area (Å²) in [7, 11) is -2.63. The minimum absolute atomic E-state index is 0.0681. The van der Waals surface area contributed by atoms with E-state index in [0.29, 0.717) is 18.1 Å². The molecular weight excluding hydrogens is 478 g/mol. The molecule has 8 nitrogen and oxygen atoms in total. The van der Waals surface area contributed by atoms with E-state index in [-0.39, 0.29) is 10.6 Å². The number of methoxy groups -OCH3 is 1. The monoisotopic (exact) mass is 509 g/mol. The van der Waals surface area contributed by atoms with Crippen molar-refractivity contribution in [1.29, 1.82) is 0 Å². The van der Waals surface area contributed by atoms with Crippen LogP contribution in [0.4, 0.5) is 5.69 Å². The molecule has 0 aliphatic carbocycles. The lowest BCUT2D eigenvalue weighted by atomic mass is 10.1. The molecule has 0 radical (unpaired) electrons. The van der Waals surface area contributed by atoms with Gasteiger partial charge in [-0.3, -0.25) is 9.10 Å². The van der Waals surface area contributed by atoms with Crippen LogP contribution >= 0.6 is 0 Å². The predicted octanol–water partition coefficient (Wildman–Crippen LogP) is 4.45. The van der Waals surface area contributed by atoms with Crippen LogP contribution in [0.3, 0.4) is 0 Å². The number of aryl methyl sites for hydroxylation is 2.